The Bertz CT molecular complexity index is 394. The maximum atomic E-state index is 5.78. The molecule has 0 bridgehead atoms. The lowest BCUT2D eigenvalue weighted by Gasteiger charge is -2.05. The first-order valence-electron chi connectivity index (χ1n) is 4.64. The molecule has 86 valence electrons. The third-order valence-corrected chi connectivity index (χ3v) is 2.35. The van der Waals surface area contributed by atoms with Gasteiger partial charge in [-0.05, 0) is 45.8 Å². The van der Waals surface area contributed by atoms with E-state index in [2.05, 4.69) is 21.2 Å². The van der Waals surface area contributed by atoms with Crippen LogP contribution in [0.2, 0.25) is 5.02 Å². The Balaban J connectivity index is 2.48. The van der Waals surface area contributed by atoms with Crippen LogP contribution >= 0.6 is 27.5 Å². The minimum absolute atomic E-state index is 0.531. The molecule has 16 heavy (non-hydrogen) atoms. The van der Waals surface area contributed by atoms with E-state index in [0.717, 1.165) is 10.6 Å². The van der Waals surface area contributed by atoms with Gasteiger partial charge >= 0.3 is 0 Å². The first kappa shape index (κ1) is 12.9. The highest BCUT2D eigenvalue weighted by molar-refractivity contribution is 9.11. The van der Waals surface area contributed by atoms with Gasteiger partial charge < -0.3 is 16.8 Å². The van der Waals surface area contributed by atoms with Crippen LogP contribution in [-0.2, 0) is 6.54 Å². The summed E-state index contributed by atoms with van der Waals surface area (Å²) in [4.78, 5) is 0. The lowest BCUT2D eigenvalue weighted by Crippen LogP contribution is -2.19. The van der Waals surface area contributed by atoms with E-state index in [4.69, 9.17) is 23.1 Å². The summed E-state index contributed by atoms with van der Waals surface area (Å²) in [5, 5.41) is 3.77. The number of benzene rings is 1. The predicted octanol–water partition coefficient (Wildman–Crippen LogP) is 2.42. The molecule has 1 rings (SSSR count). The third-order valence-electron chi connectivity index (χ3n) is 1.83. The molecule has 0 aliphatic rings. The molecule has 0 aliphatic heterocycles. The van der Waals surface area contributed by atoms with Crippen molar-refractivity contribution in [1.29, 1.82) is 0 Å². The second kappa shape index (κ2) is 6.45. The van der Waals surface area contributed by atoms with Gasteiger partial charge in [0.2, 0.25) is 0 Å². The van der Waals surface area contributed by atoms with Crippen molar-refractivity contribution in [2.24, 2.45) is 11.5 Å². The highest BCUT2D eigenvalue weighted by Crippen LogP contribution is 2.09. The van der Waals surface area contributed by atoms with Crippen molar-refractivity contribution in [3.63, 3.8) is 0 Å². The molecule has 0 radical (unpaired) electrons. The molecule has 0 heterocycles. The molecule has 0 saturated heterocycles. The summed E-state index contributed by atoms with van der Waals surface area (Å²) in [5.74, 6) is 0.553. The Morgan fingerprint density at radius 2 is 1.88 bits per heavy atom. The number of halogens is 2. The fraction of sp³-hybridized carbons (Fsp3) is 0.0909. The van der Waals surface area contributed by atoms with Crippen molar-refractivity contribution < 1.29 is 0 Å². The SMILES string of the molecule is N/C(Br)=C\C=C(/N)NCc1ccc(Cl)cc1. The molecule has 0 amide bonds. The van der Waals surface area contributed by atoms with Crippen molar-refractivity contribution in [2.75, 3.05) is 0 Å². The summed E-state index contributed by atoms with van der Waals surface area (Å²) >= 11 is 8.88. The Labute approximate surface area is 108 Å². The van der Waals surface area contributed by atoms with Crippen LogP contribution in [-0.4, -0.2) is 0 Å². The smallest absolute Gasteiger partial charge is 0.0963 e. The molecule has 0 unspecified atom stereocenters. The van der Waals surface area contributed by atoms with Gasteiger partial charge in [-0.2, -0.15) is 0 Å². The fourth-order valence-electron chi connectivity index (χ4n) is 1.03. The molecule has 0 aliphatic carbocycles. The van der Waals surface area contributed by atoms with Crippen LogP contribution in [0.25, 0.3) is 0 Å². The number of hydrogen-bond acceptors (Lipinski definition) is 3. The number of rotatable bonds is 4. The summed E-state index contributed by atoms with van der Waals surface area (Å²) in [5.41, 5.74) is 12.2. The Kier molecular flexibility index (Phi) is 5.22. The standard InChI is InChI=1S/C11H13BrClN3/c12-10(14)5-6-11(15)16-7-8-1-3-9(13)4-2-8/h1-6,16H,7,14-15H2/b10-5-,11-6+. The zero-order valence-electron chi connectivity index (χ0n) is 8.58. The molecule has 0 aromatic heterocycles. The normalized spacial score (nSPS) is 12.6. The van der Waals surface area contributed by atoms with E-state index in [0.29, 0.717) is 17.0 Å². The first-order chi connectivity index (χ1) is 7.58. The largest absolute Gasteiger partial charge is 0.393 e. The van der Waals surface area contributed by atoms with Crippen LogP contribution in [0.5, 0.6) is 0 Å². The molecular weight excluding hydrogens is 289 g/mol. The Morgan fingerprint density at radius 1 is 1.25 bits per heavy atom. The van der Waals surface area contributed by atoms with Gasteiger partial charge in [0, 0.05) is 11.6 Å². The van der Waals surface area contributed by atoms with E-state index < -0.39 is 0 Å². The van der Waals surface area contributed by atoms with Gasteiger partial charge in [0.1, 0.15) is 0 Å². The van der Waals surface area contributed by atoms with E-state index in [1.54, 1.807) is 12.2 Å². The maximum Gasteiger partial charge on any atom is 0.0963 e. The van der Waals surface area contributed by atoms with E-state index in [9.17, 15) is 0 Å². The van der Waals surface area contributed by atoms with E-state index in [1.807, 2.05) is 24.3 Å². The van der Waals surface area contributed by atoms with Gasteiger partial charge in [-0.15, -0.1) is 0 Å². The van der Waals surface area contributed by atoms with Gasteiger partial charge in [0.05, 0.1) is 10.4 Å². The van der Waals surface area contributed by atoms with Gasteiger partial charge in [-0.25, -0.2) is 0 Å². The highest BCUT2D eigenvalue weighted by Gasteiger charge is 1.93. The van der Waals surface area contributed by atoms with Crippen LogP contribution in [0, 0.1) is 0 Å². The topological polar surface area (TPSA) is 64.1 Å². The third kappa shape index (κ3) is 5.09. The number of nitrogens with two attached hydrogens (primary N) is 2. The molecule has 0 saturated carbocycles. The molecule has 3 nitrogen and oxygen atoms in total. The first-order valence-corrected chi connectivity index (χ1v) is 5.82. The van der Waals surface area contributed by atoms with Crippen molar-refractivity contribution in [1.82, 2.24) is 5.32 Å². The lowest BCUT2D eigenvalue weighted by atomic mass is 10.2. The van der Waals surface area contributed by atoms with Gasteiger partial charge in [-0.3, -0.25) is 0 Å². The van der Waals surface area contributed by atoms with Crippen LogP contribution in [0.15, 0.2) is 46.8 Å². The summed E-state index contributed by atoms with van der Waals surface area (Å²) < 4.78 is 0.531. The second-order valence-corrected chi connectivity index (χ2v) is 4.51. The van der Waals surface area contributed by atoms with E-state index in [1.165, 1.54) is 0 Å². The van der Waals surface area contributed by atoms with Crippen LogP contribution in [0.3, 0.4) is 0 Å². The monoisotopic (exact) mass is 301 g/mol. The summed E-state index contributed by atoms with van der Waals surface area (Å²) in [7, 11) is 0. The van der Waals surface area contributed by atoms with E-state index >= 15 is 0 Å². The van der Waals surface area contributed by atoms with Crippen LogP contribution < -0.4 is 16.8 Å². The second-order valence-electron chi connectivity index (χ2n) is 3.15. The lowest BCUT2D eigenvalue weighted by molar-refractivity contribution is 0.800. The quantitative estimate of drug-likeness (QED) is 0.591. The van der Waals surface area contributed by atoms with Gasteiger partial charge in [-0.1, -0.05) is 23.7 Å². The van der Waals surface area contributed by atoms with Crippen molar-refractivity contribution >= 4 is 27.5 Å². The molecule has 0 spiro atoms. The molecule has 0 fully saturated rings. The fourth-order valence-corrected chi connectivity index (χ4v) is 1.29. The maximum absolute atomic E-state index is 5.78. The summed E-state index contributed by atoms with van der Waals surface area (Å²) in [6.45, 7) is 0.648. The number of hydrogen-bond donors (Lipinski definition) is 3. The van der Waals surface area contributed by atoms with Crippen molar-refractivity contribution in [2.45, 2.75) is 6.54 Å². The average molecular weight is 303 g/mol. The minimum Gasteiger partial charge on any atom is -0.393 e. The average Bonchev–Trinajstić information content (AvgIpc) is 2.25. The molecule has 1 aromatic carbocycles. The van der Waals surface area contributed by atoms with Gasteiger partial charge in [0.25, 0.3) is 0 Å². The molecular formula is C11H13BrClN3. The number of allylic oxidation sites excluding steroid dienone is 2. The zero-order chi connectivity index (χ0) is 12.0. The van der Waals surface area contributed by atoms with E-state index in [-0.39, 0.29) is 0 Å². The van der Waals surface area contributed by atoms with Crippen LogP contribution in [0.4, 0.5) is 0 Å². The molecule has 5 N–H and O–H groups in total. The Morgan fingerprint density at radius 3 is 2.44 bits per heavy atom. The molecule has 0 atom stereocenters. The van der Waals surface area contributed by atoms with Crippen molar-refractivity contribution in [3.8, 4) is 0 Å². The minimum atomic E-state index is 0.531. The molecule has 5 heteroatoms. The van der Waals surface area contributed by atoms with Crippen molar-refractivity contribution in [3.05, 3.63) is 57.4 Å². The highest BCUT2D eigenvalue weighted by atomic mass is 79.9. The van der Waals surface area contributed by atoms with Crippen LogP contribution in [0.1, 0.15) is 5.56 Å². The zero-order valence-corrected chi connectivity index (χ0v) is 10.9. The summed E-state index contributed by atoms with van der Waals surface area (Å²) in [6, 6.07) is 7.57. The Hall–Kier alpha value is -1.13. The van der Waals surface area contributed by atoms with Gasteiger partial charge in [0.15, 0.2) is 0 Å². The number of nitrogens with one attached hydrogen (secondary N) is 1. The summed E-state index contributed by atoms with van der Waals surface area (Å²) in [6.07, 6.45) is 3.37. The predicted molar refractivity (Wildman–Crippen MR) is 71.8 cm³/mol. The molecule has 1 aromatic rings.